The molecule has 1 rings (SSSR count). The predicted octanol–water partition coefficient (Wildman–Crippen LogP) is 1.92. The van der Waals surface area contributed by atoms with E-state index in [9.17, 15) is 4.79 Å². The number of rotatable bonds is 4. The zero-order valence-corrected chi connectivity index (χ0v) is 9.93. The molecule has 0 bridgehead atoms. The van der Waals surface area contributed by atoms with E-state index in [4.69, 9.17) is 4.74 Å². The van der Waals surface area contributed by atoms with Crippen LogP contribution in [0.2, 0.25) is 0 Å². The topological polar surface area (TPSA) is 38.3 Å². The smallest absolute Gasteiger partial charge is 0.328 e. The standard InChI is InChI=1S/C11H15NO2S/c1-8(12-2)11(13)14-9-6-4-5-7-10(9)15-3/h4-8,12H,1-3H3/t8-/m0/s1. The van der Waals surface area contributed by atoms with Gasteiger partial charge in [-0.05, 0) is 32.4 Å². The summed E-state index contributed by atoms with van der Waals surface area (Å²) in [4.78, 5) is 12.5. The third kappa shape index (κ3) is 3.25. The number of hydrogen-bond donors (Lipinski definition) is 1. The molecule has 0 aromatic heterocycles. The first kappa shape index (κ1) is 12.1. The van der Waals surface area contributed by atoms with Gasteiger partial charge in [0, 0.05) is 4.90 Å². The normalized spacial score (nSPS) is 12.2. The van der Waals surface area contributed by atoms with Gasteiger partial charge in [-0.15, -0.1) is 11.8 Å². The average Bonchev–Trinajstić information content (AvgIpc) is 2.28. The second kappa shape index (κ2) is 5.78. The van der Waals surface area contributed by atoms with Crippen LogP contribution in [-0.2, 0) is 4.79 Å². The Morgan fingerprint density at radius 2 is 2.13 bits per heavy atom. The van der Waals surface area contributed by atoms with E-state index in [0.717, 1.165) is 4.90 Å². The van der Waals surface area contributed by atoms with Gasteiger partial charge in [-0.1, -0.05) is 12.1 Å². The number of esters is 1. The van der Waals surface area contributed by atoms with Crippen LogP contribution in [0.1, 0.15) is 6.92 Å². The zero-order valence-electron chi connectivity index (χ0n) is 9.11. The fraction of sp³-hybridized carbons (Fsp3) is 0.364. The number of thioether (sulfide) groups is 1. The molecule has 0 aliphatic rings. The van der Waals surface area contributed by atoms with E-state index >= 15 is 0 Å². The highest BCUT2D eigenvalue weighted by Gasteiger charge is 2.14. The molecule has 0 unspecified atom stereocenters. The van der Waals surface area contributed by atoms with Gasteiger partial charge >= 0.3 is 5.97 Å². The lowest BCUT2D eigenvalue weighted by Gasteiger charge is -2.11. The Morgan fingerprint density at radius 3 is 2.73 bits per heavy atom. The van der Waals surface area contributed by atoms with Crippen LogP contribution in [0.3, 0.4) is 0 Å². The van der Waals surface area contributed by atoms with Crippen LogP contribution < -0.4 is 10.1 Å². The summed E-state index contributed by atoms with van der Waals surface area (Å²) in [5, 5.41) is 2.84. The van der Waals surface area contributed by atoms with E-state index in [1.54, 1.807) is 31.8 Å². The molecule has 0 aliphatic carbocycles. The fourth-order valence-corrected chi connectivity index (χ4v) is 1.54. The minimum absolute atomic E-state index is 0.265. The first-order chi connectivity index (χ1) is 7.19. The molecule has 0 saturated carbocycles. The molecular weight excluding hydrogens is 210 g/mol. The largest absolute Gasteiger partial charge is 0.424 e. The molecule has 0 saturated heterocycles. The highest BCUT2D eigenvalue weighted by molar-refractivity contribution is 7.98. The molecule has 0 spiro atoms. The quantitative estimate of drug-likeness (QED) is 0.483. The van der Waals surface area contributed by atoms with Crippen molar-refractivity contribution in [3.05, 3.63) is 24.3 Å². The van der Waals surface area contributed by atoms with Crippen LogP contribution in [0, 0.1) is 0 Å². The first-order valence-corrected chi connectivity index (χ1v) is 5.93. The summed E-state index contributed by atoms with van der Waals surface area (Å²) in [6, 6.07) is 7.21. The number of likely N-dealkylation sites (N-methyl/N-ethyl adjacent to an activating group) is 1. The molecule has 4 heteroatoms. The summed E-state index contributed by atoms with van der Waals surface area (Å²) in [5.41, 5.74) is 0. The Morgan fingerprint density at radius 1 is 1.47 bits per heavy atom. The van der Waals surface area contributed by atoms with Gasteiger partial charge < -0.3 is 10.1 Å². The van der Waals surface area contributed by atoms with Crippen molar-refractivity contribution in [2.75, 3.05) is 13.3 Å². The van der Waals surface area contributed by atoms with Crippen molar-refractivity contribution in [2.24, 2.45) is 0 Å². The van der Waals surface area contributed by atoms with Crippen molar-refractivity contribution < 1.29 is 9.53 Å². The zero-order chi connectivity index (χ0) is 11.3. The van der Waals surface area contributed by atoms with Gasteiger partial charge in [0.25, 0.3) is 0 Å². The van der Waals surface area contributed by atoms with E-state index in [0.29, 0.717) is 5.75 Å². The van der Waals surface area contributed by atoms with Crippen molar-refractivity contribution in [1.82, 2.24) is 5.32 Å². The Balaban J connectivity index is 2.76. The predicted molar refractivity (Wildman–Crippen MR) is 62.4 cm³/mol. The number of nitrogens with one attached hydrogen (secondary N) is 1. The third-order valence-corrected chi connectivity index (χ3v) is 2.84. The van der Waals surface area contributed by atoms with Gasteiger partial charge in [0.1, 0.15) is 11.8 Å². The SMILES string of the molecule is CN[C@@H](C)C(=O)Oc1ccccc1SC. The molecule has 1 aromatic rings. The molecule has 1 aromatic carbocycles. The summed E-state index contributed by atoms with van der Waals surface area (Å²) in [6.07, 6.45) is 1.95. The van der Waals surface area contributed by atoms with Crippen molar-refractivity contribution in [3.8, 4) is 5.75 Å². The minimum atomic E-state index is -0.292. The van der Waals surface area contributed by atoms with Crippen LogP contribution in [0.15, 0.2) is 29.2 Å². The molecule has 15 heavy (non-hydrogen) atoms. The number of para-hydroxylation sites is 1. The Hall–Kier alpha value is -1.00. The molecule has 1 atom stereocenters. The molecule has 0 radical (unpaired) electrons. The van der Waals surface area contributed by atoms with Crippen molar-refractivity contribution in [2.45, 2.75) is 17.9 Å². The highest BCUT2D eigenvalue weighted by Crippen LogP contribution is 2.26. The number of hydrogen-bond acceptors (Lipinski definition) is 4. The lowest BCUT2D eigenvalue weighted by atomic mass is 10.3. The monoisotopic (exact) mass is 225 g/mol. The van der Waals surface area contributed by atoms with E-state index in [2.05, 4.69) is 5.32 Å². The Labute approximate surface area is 94.2 Å². The van der Waals surface area contributed by atoms with E-state index in [1.807, 2.05) is 24.5 Å². The van der Waals surface area contributed by atoms with E-state index < -0.39 is 0 Å². The second-order valence-electron chi connectivity index (χ2n) is 3.08. The molecule has 1 N–H and O–H groups in total. The summed E-state index contributed by atoms with van der Waals surface area (Å²) in [7, 11) is 1.73. The summed E-state index contributed by atoms with van der Waals surface area (Å²) in [5.74, 6) is 0.358. The van der Waals surface area contributed by atoms with E-state index in [-0.39, 0.29) is 12.0 Å². The lowest BCUT2D eigenvalue weighted by molar-refractivity contribution is -0.136. The summed E-state index contributed by atoms with van der Waals surface area (Å²) in [6.45, 7) is 1.77. The molecule has 0 aliphatic heterocycles. The van der Waals surface area contributed by atoms with Crippen LogP contribution >= 0.6 is 11.8 Å². The number of benzene rings is 1. The number of ether oxygens (including phenoxy) is 1. The van der Waals surface area contributed by atoms with Gasteiger partial charge in [-0.2, -0.15) is 0 Å². The number of carbonyl (C=O) groups is 1. The average molecular weight is 225 g/mol. The van der Waals surface area contributed by atoms with Crippen LogP contribution in [0.4, 0.5) is 0 Å². The third-order valence-electron chi connectivity index (χ3n) is 2.07. The van der Waals surface area contributed by atoms with Crippen molar-refractivity contribution >= 4 is 17.7 Å². The molecule has 0 fully saturated rings. The number of carbonyl (C=O) groups excluding carboxylic acids is 1. The minimum Gasteiger partial charge on any atom is -0.424 e. The van der Waals surface area contributed by atoms with Crippen LogP contribution in [0.25, 0.3) is 0 Å². The van der Waals surface area contributed by atoms with Gasteiger partial charge in [-0.25, -0.2) is 4.79 Å². The molecular formula is C11H15NO2S. The maximum absolute atomic E-state index is 11.5. The summed E-state index contributed by atoms with van der Waals surface area (Å²) < 4.78 is 5.27. The molecule has 3 nitrogen and oxygen atoms in total. The molecule has 0 heterocycles. The molecule has 82 valence electrons. The Kier molecular flexibility index (Phi) is 4.65. The van der Waals surface area contributed by atoms with Gasteiger partial charge in [-0.3, -0.25) is 0 Å². The maximum Gasteiger partial charge on any atom is 0.328 e. The molecule has 0 amide bonds. The van der Waals surface area contributed by atoms with Crippen molar-refractivity contribution in [1.29, 1.82) is 0 Å². The fourth-order valence-electron chi connectivity index (χ4n) is 1.02. The van der Waals surface area contributed by atoms with Crippen LogP contribution in [0.5, 0.6) is 5.75 Å². The van der Waals surface area contributed by atoms with Gasteiger partial charge in [0.2, 0.25) is 0 Å². The van der Waals surface area contributed by atoms with Gasteiger partial charge in [0.15, 0.2) is 0 Å². The van der Waals surface area contributed by atoms with Gasteiger partial charge in [0.05, 0.1) is 0 Å². The Bertz CT molecular complexity index is 341. The second-order valence-corrected chi connectivity index (χ2v) is 3.93. The highest BCUT2D eigenvalue weighted by atomic mass is 32.2. The first-order valence-electron chi connectivity index (χ1n) is 4.71. The summed E-state index contributed by atoms with van der Waals surface area (Å²) >= 11 is 1.56. The van der Waals surface area contributed by atoms with E-state index in [1.165, 1.54) is 0 Å². The maximum atomic E-state index is 11.5. The van der Waals surface area contributed by atoms with Crippen molar-refractivity contribution in [3.63, 3.8) is 0 Å². The van der Waals surface area contributed by atoms with Crippen LogP contribution in [-0.4, -0.2) is 25.3 Å². The lowest BCUT2D eigenvalue weighted by Crippen LogP contribution is -2.34.